The van der Waals surface area contributed by atoms with Crippen LogP contribution in [0.25, 0.3) is 5.69 Å². The van der Waals surface area contributed by atoms with E-state index in [1.165, 1.54) is 29.4 Å². The largest absolute Gasteiger partial charge is 0.295 e. The minimum Gasteiger partial charge on any atom is -0.295 e. The molecule has 0 fully saturated rings. The predicted molar refractivity (Wildman–Crippen MR) is 104 cm³/mol. The van der Waals surface area contributed by atoms with Gasteiger partial charge in [0.2, 0.25) is 5.91 Å². The fourth-order valence-corrected chi connectivity index (χ4v) is 4.06. The highest BCUT2D eigenvalue weighted by atomic mass is 32.2. The molecule has 0 saturated carbocycles. The predicted octanol–water partition coefficient (Wildman–Crippen LogP) is 4.22. The van der Waals surface area contributed by atoms with E-state index in [0.29, 0.717) is 5.75 Å². The van der Waals surface area contributed by atoms with Gasteiger partial charge in [-0.15, -0.1) is 11.3 Å². The van der Waals surface area contributed by atoms with Gasteiger partial charge in [-0.2, -0.15) is 0 Å². The number of aryl methyl sites for hydroxylation is 2. The number of thioether (sulfide) groups is 1. The van der Waals surface area contributed by atoms with Crippen LogP contribution in [-0.4, -0.2) is 27.5 Å². The van der Waals surface area contributed by atoms with Gasteiger partial charge in [0.25, 0.3) is 0 Å². The van der Waals surface area contributed by atoms with Crippen LogP contribution in [0.5, 0.6) is 0 Å². The highest BCUT2D eigenvalue weighted by molar-refractivity contribution is 7.98. The zero-order valence-electron chi connectivity index (χ0n) is 14.7. The molecule has 7 heteroatoms. The molecule has 0 unspecified atom stereocenters. The fourth-order valence-electron chi connectivity index (χ4n) is 2.26. The molecule has 0 atom stereocenters. The number of nitrogens with zero attached hydrogens (tertiary/aromatic N) is 4. The lowest BCUT2D eigenvalue weighted by atomic mass is 10.1. The topological polar surface area (TPSA) is 51.0 Å². The first-order valence-electron chi connectivity index (χ1n) is 7.88. The molecular formula is C18H20N4OS2. The average Bonchev–Trinajstić information content (AvgIpc) is 3.23. The highest BCUT2D eigenvalue weighted by Crippen LogP contribution is 2.27. The number of thiazole rings is 1. The summed E-state index contributed by atoms with van der Waals surface area (Å²) in [6.45, 7) is 5.77. The highest BCUT2D eigenvalue weighted by Gasteiger charge is 2.12. The minimum atomic E-state index is -0.0150. The molecule has 0 aliphatic carbocycles. The second-order valence-corrected chi connectivity index (χ2v) is 7.62. The van der Waals surface area contributed by atoms with Gasteiger partial charge in [-0.25, -0.2) is 9.97 Å². The normalized spacial score (nSPS) is 10.9. The molecule has 2 heterocycles. The quantitative estimate of drug-likeness (QED) is 0.629. The molecule has 5 nitrogen and oxygen atoms in total. The van der Waals surface area contributed by atoms with Crippen molar-refractivity contribution >= 4 is 34.1 Å². The van der Waals surface area contributed by atoms with Crippen LogP contribution in [-0.2, 0) is 10.5 Å². The van der Waals surface area contributed by atoms with Crippen molar-refractivity contribution in [1.82, 2.24) is 14.5 Å². The van der Waals surface area contributed by atoms with Crippen LogP contribution in [0, 0.1) is 13.8 Å². The summed E-state index contributed by atoms with van der Waals surface area (Å²) in [5.74, 6) is 0.697. The van der Waals surface area contributed by atoms with Gasteiger partial charge in [0.05, 0.1) is 5.69 Å². The van der Waals surface area contributed by atoms with E-state index in [0.717, 1.165) is 21.7 Å². The monoisotopic (exact) mass is 372 g/mol. The number of carbonyl (C=O) groups is 1. The van der Waals surface area contributed by atoms with Crippen molar-refractivity contribution in [2.75, 3.05) is 11.9 Å². The third-order valence-corrected chi connectivity index (χ3v) is 5.99. The smallest absolute Gasteiger partial charge is 0.225 e. The van der Waals surface area contributed by atoms with Crippen LogP contribution in [0.2, 0.25) is 0 Å². The maximum atomic E-state index is 11.4. The zero-order valence-corrected chi connectivity index (χ0v) is 16.3. The van der Waals surface area contributed by atoms with Gasteiger partial charge >= 0.3 is 0 Å². The number of benzene rings is 1. The van der Waals surface area contributed by atoms with Crippen LogP contribution >= 0.6 is 23.1 Å². The summed E-state index contributed by atoms with van der Waals surface area (Å²) < 4.78 is 2.09. The lowest BCUT2D eigenvalue weighted by Gasteiger charge is -2.10. The molecule has 2 aromatic heterocycles. The zero-order chi connectivity index (χ0) is 18.0. The van der Waals surface area contributed by atoms with Gasteiger partial charge in [0.15, 0.2) is 10.3 Å². The van der Waals surface area contributed by atoms with E-state index < -0.39 is 0 Å². The Kier molecular flexibility index (Phi) is 5.24. The fraction of sp³-hybridized carbons (Fsp3) is 0.278. The Bertz CT molecular complexity index is 900. The summed E-state index contributed by atoms with van der Waals surface area (Å²) in [5.41, 5.74) is 4.60. The molecule has 0 radical (unpaired) electrons. The molecule has 1 amide bonds. The van der Waals surface area contributed by atoms with Gasteiger partial charge in [-0.3, -0.25) is 14.3 Å². The van der Waals surface area contributed by atoms with Gasteiger partial charge in [-0.05, 0) is 37.1 Å². The van der Waals surface area contributed by atoms with E-state index >= 15 is 0 Å². The number of rotatable bonds is 5. The molecule has 0 bridgehead atoms. The Morgan fingerprint density at radius 1 is 1.32 bits per heavy atom. The van der Waals surface area contributed by atoms with E-state index in [-0.39, 0.29) is 5.91 Å². The molecule has 0 aliphatic rings. The summed E-state index contributed by atoms with van der Waals surface area (Å²) in [6.07, 6.45) is 3.79. The molecule has 1 aromatic carbocycles. The molecule has 0 spiro atoms. The Hall–Kier alpha value is -2.12. The Labute approximate surface area is 155 Å². The summed E-state index contributed by atoms with van der Waals surface area (Å²) in [6, 6.07) is 6.41. The van der Waals surface area contributed by atoms with Crippen molar-refractivity contribution in [3.8, 4) is 5.69 Å². The number of hydrogen-bond donors (Lipinski definition) is 0. The Morgan fingerprint density at radius 2 is 2.12 bits per heavy atom. The SMILES string of the molecule is CC(=O)N(C)c1nc(CSc2nccn2-c2ccc(C)c(C)c2)cs1. The average molecular weight is 373 g/mol. The van der Waals surface area contributed by atoms with Gasteiger partial charge in [0, 0.05) is 43.2 Å². The lowest BCUT2D eigenvalue weighted by Crippen LogP contribution is -2.22. The number of hydrogen-bond acceptors (Lipinski definition) is 5. The molecule has 0 N–H and O–H groups in total. The van der Waals surface area contributed by atoms with Crippen molar-refractivity contribution in [3.63, 3.8) is 0 Å². The van der Waals surface area contributed by atoms with Crippen molar-refractivity contribution < 1.29 is 4.79 Å². The van der Waals surface area contributed by atoms with E-state index in [4.69, 9.17) is 0 Å². The first-order valence-corrected chi connectivity index (χ1v) is 9.74. The van der Waals surface area contributed by atoms with Gasteiger partial charge in [0.1, 0.15) is 0 Å². The van der Waals surface area contributed by atoms with Crippen LogP contribution in [0.15, 0.2) is 41.1 Å². The number of carbonyl (C=O) groups excluding carboxylic acids is 1. The summed E-state index contributed by atoms with van der Waals surface area (Å²) in [4.78, 5) is 22.0. The second-order valence-electron chi connectivity index (χ2n) is 5.84. The van der Waals surface area contributed by atoms with E-state index in [9.17, 15) is 4.79 Å². The second kappa shape index (κ2) is 7.41. The first-order chi connectivity index (χ1) is 12.0. The molecule has 3 rings (SSSR count). The van der Waals surface area contributed by atoms with Crippen molar-refractivity contribution in [2.45, 2.75) is 31.7 Å². The molecule has 130 valence electrons. The maximum Gasteiger partial charge on any atom is 0.225 e. The van der Waals surface area contributed by atoms with Crippen LogP contribution in [0.4, 0.5) is 5.13 Å². The molecule has 0 saturated heterocycles. The third-order valence-electron chi connectivity index (χ3n) is 4.02. The van der Waals surface area contributed by atoms with E-state index in [2.05, 4.69) is 46.6 Å². The van der Waals surface area contributed by atoms with Crippen LogP contribution in [0.3, 0.4) is 0 Å². The van der Waals surface area contributed by atoms with E-state index in [1.54, 1.807) is 23.7 Å². The molecular weight excluding hydrogens is 352 g/mol. The molecule has 0 aliphatic heterocycles. The number of anilines is 1. The molecule has 25 heavy (non-hydrogen) atoms. The lowest BCUT2D eigenvalue weighted by molar-refractivity contribution is -0.116. The standard InChI is InChI=1S/C18H20N4OS2/c1-12-5-6-16(9-13(12)2)22-8-7-19-17(22)24-10-15-11-25-18(20-15)21(4)14(3)23/h5-9,11H,10H2,1-4H3. The number of imidazole rings is 1. The summed E-state index contributed by atoms with van der Waals surface area (Å²) in [5, 5.41) is 3.64. The van der Waals surface area contributed by atoms with Crippen molar-refractivity contribution in [1.29, 1.82) is 0 Å². The summed E-state index contributed by atoms with van der Waals surface area (Å²) in [7, 11) is 1.74. The Balaban J connectivity index is 1.74. The van der Waals surface area contributed by atoms with Crippen molar-refractivity contribution in [2.24, 2.45) is 0 Å². The number of aromatic nitrogens is 3. The number of amides is 1. The minimum absolute atomic E-state index is 0.0150. The molecule has 3 aromatic rings. The van der Waals surface area contributed by atoms with E-state index in [1.807, 2.05) is 17.8 Å². The first kappa shape index (κ1) is 17.7. The van der Waals surface area contributed by atoms with Gasteiger partial charge < -0.3 is 0 Å². The van der Waals surface area contributed by atoms with Crippen molar-refractivity contribution in [3.05, 3.63) is 52.8 Å². The maximum absolute atomic E-state index is 11.4. The van der Waals surface area contributed by atoms with Crippen LogP contribution < -0.4 is 4.90 Å². The van der Waals surface area contributed by atoms with Gasteiger partial charge in [-0.1, -0.05) is 17.8 Å². The Morgan fingerprint density at radius 3 is 2.84 bits per heavy atom. The summed E-state index contributed by atoms with van der Waals surface area (Å²) >= 11 is 3.12. The third kappa shape index (κ3) is 3.93. The van der Waals surface area contributed by atoms with Crippen LogP contribution in [0.1, 0.15) is 23.7 Å².